The largest absolute Gasteiger partial charge is 0.378 e. The third-order valence-electron chi connectivity index (χ3n) is 4.93. The zero-order chi connectivity index (χ0) is 17.2. The molecule has 6 heteroatoms. The quantitative estimate of drug-likeness (QED) is 0.917. The SMILES string of the molecule is Cc1nc2c(s1)CC(C(=O)Nc1ccccc1N1CCOCC1)CC2. The number of ether oxygens (including phenoxy) is 1. The van der Waals surface area contributed by atoms with E-state index in [4.69, 9.17) is 4.74 Å². The number of rotatable bonds is 3. The molecular weight excluding hydrogens is 334 g/mol. The topological polar surface area (TPSA) is 54.5 Å². The third-order valence-corrected chi connectivity index (χ3v) is 5.97. The van der Waals surface area contributed by atoms with Gasteiger partial charge in [-0.3, -0.25) is 4.79 Å². The Bertz CT molecular complexity index is 768. The molecule has 2 heterocycles. The van der Waals surface area contributed by atoms with Crippen molar-refractivity contribution in [2.75, 3.05) is 36.5 Å². The lowest BCUT2D eigenvalue weighted by Gasteiger charge is -2.31. The minimum atomic E-state index is 0.0325. The molecule has 2 aliphatic rings. The van der Waals surface area contributed by atoms with E-state index in [1.807, 2.05) is 25.1 Å². The molecule has 0 radical (unpaired) electrons. The fourth-order valence-electron chi connectivity index (χ4n) is 3.62. The van der Waals surface area contributed by atoms with E-state index < -0.39 is 0 Å². The van der Waals surface area contributed by atoms with Crippen LogP contribution >= 0.6 is 11.3 Å². The number of thiazole rings is 1. The summed E-state index contributed by atoms with van der Waals surface area (Å²) < 4.78 is 5.44. The Morgan fingerprint density at radius 2 is 2.12 bits per heavy atom. The molecule has 0 bridgehead atoms. The molecule has 5 nitrogen and oxygen atoms in total. The molecule has 1 fully saturated rings. The average molecular weight is 357 g/mol. The summed E-state index contributed by atoms with van der Waals surface area (Å²) in [5.41, 5.74) is 3.19. The highest BCUT2D eigenvalue weighted by Gasteiger charge is 2.27. The molecule has 1 aliphatic carbocycles. The molecule has 1 N–H and O–H groups in total. The van der Waals surface area contributed by atoms with Crippen LogP contribution in [-0.2, 0) is 22.4 Å². The lowest BCUT2D eigenvalue weighted by Crippen LogP contribution is -2.37. The van der Waals surface area contributed by atoms with Gasteiger partial charge in [0.25, 0.3) is 0 Å². The number of carbonyl (C=O) groups excluding carboxylic acids is 1. The number of fused-ring (bicyclic) bond motifs is 1. The summed E-state index contributed by atoms with van der Waals surface area (Å²) in [6, 6.07) is 8.07. The van der Waals surface area contributed by atoms with Crippen LogP contribution in [0.5, 0.6) is 0 Å². The van der Waals surface area contributed by atoms with Crippen LogP contribution < -0.4 is 10.2 Å². The molecule has 1 unspecified atom stereocenters. The monoisotopic (exact) mass is 357 g/mol. The molecule has 4 rings (SSSR count). The highest BCUT2D eigenvalue weighted by atomic mass is 32.1. The fraction of sp³-hybridized carbons (Fsp3) is 0.474. The van der Waals surface area contributed by atoms with E-state index in [9.17, 15) is 4.79 Å². The van der Waals surface area contributed by atoms with Crippen LogP contribution in [0.25, 0.3) is 0 Å². The van der Waals surface area contributed by atoms with Crippen LogP contribution in [0.1, 0.15) is 22.0 Å². The molecule has 1 aliphatic heterocycles. The Kier molecular flexibility index (Phi) is 4.72. The van der Waals surface area contributed by atoms with Crippen LogP contribution in [0.2, 0.25) is 0 Å². The van der Waals surface area contributed by atoms with Crippen molar-refractivity contribution in [2.24, 2.45) is 5.92 Å². The van der Waals surface area contributed by atoms with E-state index >= 15 is 0 Å². The lowest BCUT2D eigenvalue weighted by molar-refractivity contribution is -0.120. The maximum atomic E-state index is 12.8. The van der Waals surface area contributed by atoms with Crippen molar-refractivity contribution in [1.82, 2.24) is 4.98 Å². The van der Waals surface area contributed by atoms with Crippen molar-refractivity contribution >= 4 is 28.6 Å². The van der Waals surface area contributed by atoms with Gasteiger partial charge in [0.2, 0.25) is 5.91 Å². The van der Waals surface area contributed by atoms with Crippen molar-refractivity contribution in [3.05, 3.63) is 39.8 Å². The Labute approximate surface area is 152 Å². The zero-order valence-electron chi connectivity index (χ0n) is 14.5. The van der Waals surface area contributed by atoms with Gasteiger partial charge in [0.1, 0.15) is 0 Å². The number of anilines is 2. The first-order valence-electron chi connectivity index (χ1n) is 8.88. The Balaban J connectivity index is 1.48. The van der Waals surface area contributed by atoms with E-state index in [1.165, 1.54) is 10.6 Å². The minimum Gasteiger partial charge on any atom is -0.378 e. The van der Waals surface area contributed by atoms with Crippen molar-refractivity contribution in [3.63, 3.8) is 0 Å². The molecule has 132 valence electrons. The third kappa shape index (κ3) is 3.55. The summed E-state index contributed by atoms with van der Waals surface area (Å²) in [4.78, 5) is 21.0. The van der Waals surface area contributed by atoms with Crippen LogP contribution in [0.15, 0.2) is 24.3 Å². The van der Waals surface area contributed by atoms with Gasteiger partial charge < -0.3 is 15.0 Å². The summed E-state index contributed by atoms with van der Waals surface area (Å²) in [5.74, 6) is 0.155. The first kappa shape index (κ1) is 16.5. The molecule has 1 aromatic heterocycles. The molecule has 0 saturated carbocycles. The summed E-state index contributed by atoms with van der Waals surface area (Å²) in [6.45, 7) is 5.23. The average Bonchev–Trinajstić information content (AvgIpc) is 3.02. The first-order valence-corrected chi connectivity index (χ1v) is 9.70. The van der Waals surface area contributed by atoms with Crippen molar-refractivity contribution < 1.29 is 9.53 Å². The number of nitrogens with zero attached hydrogens (tertiary/aromatic N) is 2. The second kappa shape index (κ2) is 7.14. The van der Waals surface area contributed by atoms with Gasteiger partial charge in [-0.2, -0.15) is 0 Å². The molecule has 1 saturated heterocycles. The molecule has 1 aromatic carbocycles. The molecule has 1 amide bonds. The summed E-state index contributed by atoms with van der Waals surface area (Å²) in [7, 11) is 0. The van der Waals surface area contributed by atoms with E-state index in [-0.39, 0.29) is 11.8 Å². The predicted octanol–water partition coefficient (Wildman–Crippen LogP) is 3.03. The van der Waals surface area contributed by atoms with Crippen LogP contribution in [0.3, 0.4) is 0 Å². The van der Waals surface area contributed by atoms with E-state index in [0.29, 0.717) is 0 Å². The fourth-order valence-corrected chi connectivity index (χ4v) is 4.68. The highest BCUT2D eigenvalue weighted by molar-refractivity contribution is 7.11. The van der Waals surface area contributed by atoms with Gasteiger partial charge in [-0.15, -0.1) is 11.3 Å². The van der Waals surface area contributed by atoms with Gasteiger partial charge in [-0.25, -0.2) is 4.98 Å². The Morgan fingerprint density at radius 3 is 2.96 bits per heavy atom. The number of hydrogen-bond acceptors (Lipinski definition) is 5. The minimum absolute atomic E-state index is 0.0325. The number of aryl methyl sites for hydroxylation is 2. The van der Waals surface area contributed by atoms with Crippen molar-refractivity contribution in [2.45, 2.75) is 26.2 Å². The molecule has 0 spiro atoms. The Hall–Kier alpha value is -1.92. The second-order valence-corrected chi connectivity index (χ2v) is 7.94. The molecule has 2 aromatic rings. The van der Waals surface area contributed by atoms with E-state index in [0.717, 1.165) is 61.9 Å². The van der Waals surface area contributed by atoms with Crippen LogP contribution in [-0.4, -0.2) is 37.2 Å². The number of aromatic nitrogens is 1. The molecule has 1 atom stereocenters. The number of para-hydroxylation sites is 2. The maximum absolute atomic E-state index is 12.8. The lowest BCUT2D eigenvalue weighted by atomic mass is 9.90. The van der Waals surface area contributed by atoms with Gasteiger partial charge in [0.15, 0.2) is 0 Å². The zero-order valence-corrected chi connectivity index (χ0v) is 15.3. The standard InChI is InChI=1S/C19H23N3O2S/c1-13-20-16-7-6-14(12-18(16)25-13)19(23)21-15-4-2-3-5-17(15)22-8-10-24-11-9-22/h2-5,14H,6-12H2,1H3,(H,21,23). The normalized spacial score (nSPS) is 20.2. The van der Waals surface area contributed by atoms with Crippen molar-refractivity contribution in [3.8, 4) is 0 Å². The van der Waals surface area contributed by atoms with Gasteiger partial charge in [0, 0.05) is 23.9 Å². The van der Waals surface area contributed by atoms with Gasteiger partial charge in [-0.05, 0) is 38.3 Å². The summed E-state index contributed by atoms with van der Waals surface area (Å²) in [6.07, 6.45) is 2.59. The maximum Gasteiger partial charge on any atom is 0.227 e. The second-order valence-electron chi connectivity index (χ2n) is 6.65. The van der Waals surface area contributed by atoms with Gasteiger partial charge >= 0.3 is 0 Å². The van der Waals surface area contributed by atoms with Crippen LogP contribution in [0, 0.1) is 12.8 Å². The number of hydrogen-bond donors (Lipinski definition) is 1. The number of nitrogens with one attached hydrogen (secondary N) is 1. The van der Waals surface area contributed by atoms with Crippen molar-refractivity contribution in [1.29, 1.82) is 0 Å². The number of benzene rings is 1. The smallest absolute Gasteiger partial charge is 0.227 e. The summed E-state index contributed by atoms with van der Waals surface area (Å²) in [5, 5.41) is 4.28. The number of carbonyl (C=O) groups is 1. The number of amides is 1. The van der Waals surface area contributed by atoms with Crippen LogP contribution in [0.4, 0.5) is 11.4 Å². The van der Waals surface area contributed by atoms with Gasteiger partial charge in [0.05, 0.1) is 35.3 Å². The summed E-state index contributed by atoms with van der Waals surface area (Å²) >= 11 is 1.73. The molecular formula is C19H23N3O2S. The Morgan fingerprint density at radius 1 is 1.32 bits per heavy atom. The first-order chi connectivity index (χ1) is 12.2. The van der Waals surface area contributed by atoms with E-state index in [2.05, 4.69) is 21.3 Å². The van der Waals surface area contributed by atoms with Gasteiger partial charge in [-0.1, -0.05) is 12.1 Å². The number of morpholine rings is 1. The predicted molar refractivity (Wildman–Crippen MR) is 100 cm³/mol. The highest BCUT2D eigenvalue weighted by Crippen LogP contribution is 2.32. The molecule has 25 heavy (non-hydrogen) atoms. The van der Waals surface area contributed by atoms with E-state index in [1.54, 1.807) is 11.3 Å².